The number of nitrogens with zero attached hydrogens (tertiary/aromatic N) is 1. The van der Waals surface area contributed by atoms with Crippen molar-refractivity contribution in [1.29, 1.82) is 5.41 Å². The zero-order valence-electron chi connectivity index (χ0n) is 11.7. The van der Waals surface area contributed by atoms with E-state index in [2.05, 4.69) is 0 Å². The summed E-state index contributed by atoms with van der Waals surface area (Å²) < 4.78 is 13.5. The van der Waals surface area contributed by atoms with Crippen molar-refractivity contribution in [1.82, 2.24) is 0 Å². The molecule has 4 heteroatoms. The van der Waals surface area contributed by atoms with Gasteiger partial charge in [-0.1, -0.05) is 18.2 Å². The molecule has 3 N–H and O–H groups in total. The van der Waals surface area contributed by atoms with E-state index in [1.807, 2.05) is 43.1 Å². The summed E-state index contributed by atoms with van der Waals surface area (Å²) in [6, 6.07) is 12.5. The number of anilines is 1. The Kier molecular flexibility index (Phi) is 4.03. The van der Waals surface area contributed by atoms with Crippen molar-refractivity contribution in [3.8, 4) is 0 Å². The van der Waals surface area contributed by atoms with Crippen LogP contribution < -0.4 is 10.6 Å². The van der Waals surface area contributed by atoms with E-state index in [-0.39, 0.29) is 11.7 Å². The maximum atomic E-state index is 13.5. The fourth-order valence-electron chi connectivity index (χ4n) is 2.25. The molecule has 20 heavy (non-hydrogen) atoms. The van der Waals surface area contributed by atoms with E-state index in [0.29, 0.717) is 12.1 Å². The summed E-state index contributed by atoms with van der Waals surface area (Å²) in [5, 5.41) is 7.41. The Morgan fingerprint density at radius 2 is 1.95 bits per heavy atom. The second-order valence-electron chi connectivity index (χ2n) is 4.90. The van der Waals surface area contributed by atoms with E-state index in [0.717, 1.165) is 16.8 Å². The van der Waals surface area contributed by atoms with E-state index in [1.165, 1.54) is 12.1 Å². The van der Waals surface area contributed by atoms with Crippen molar-refractivity contribution < 1.29 is 4.39 Å². The fraction of sp³-hybridized carbons (Fsp3) is 0.188. The van der Waals surface area contributed by atoms with Crippen LogP contribution in [-0.2, 0) is 6.54 Å². The molecule has 0 atom stereocenters. The molecule has 0 saturated carbocycles. The molecule has 2 aromatic carbocycles. The second-order valence-corrected chi connectivity index (χ2v) is 4.90. The molecular weight excluding hydrogens is 253 g/mol. The zero-order valence-corrected chi connectivity index (χ0v) is 11.7. The summed E-state index contributed by atoms with van der Waals surface area (Å²) in [5.41, 5.74) is 8.89. The predicted octanol–water partition coefficient (Wildman–Crippen LogP) is 3.05. The highest BCUT2D eigenvalue weighted by Gasteiger charge is 2.08. The Morgan fingerprint density at radius 1 is 1.25 bits per heavy atom. The molecule has 0 bridgehead atoms. The van der Waals surface area contributed by atoms with Gasteiger partial charge in [0.2, 0.25) is 0 Å². The van der Waals surface area contributed by atoms with Crippen LogP contribution in [0.2, 0.25) is 0 Å². The van der Waals surface area contributed by atoms with Crippen molar-refractivity contribution in [3.63, 3.8) is 0 Å². The molecule has 0 unspecified atom stereocenters. The van der Waals surface area contributed by atoms with Crippen LogP contribution in [0.5, 0.6) is 0 Å². The molecule has 0 spiro atoms. The summed E-state index contributed by atoms with van der Waals surface area (Å²) in [6.07, 6.45) is 0. The number of para-hydroxylation sites is 1. The first-order valence-corrected chi connectivity index (χ1v) is 6.38. The Morgan fingerprint density at radius 3 is 2.60 bits per heavy atom. The minimum absolute atomic E-state index is 0.121. The van der Waals surface area contributed by atoms with Gasteiger partial charge in [0.25, 0.3) is 0 Å². The number of rotatable bonds is 4. The van der Waals surface area contributed by atoms with E-state index in [9.17, 15) is 4.39 Å². The summed E-state index contributed by atoms with van der Waals surface area (Å²) in [6.45, 7) is 2.60. The number of aryl methyl sites for hydroxylation is 1. The number of hydrogen-bond donors (Lipinski definition) is 2. The standard InChI is InChI=1S/C16H18FN3/c1-11-5-3-4-6-15(11)20(2)10-12-7-13(16(18)19)9-14(17)8-12/h3-9H,10H2,1-2H3,(H3,18,19). The molecule has 0 aliphatic rings. The SMILES string of the molecule is Cc1ccccc1N(C)Cc1cc(F)cc(C(=N)N)c1. The lowest BCUT2D eigenvalue weighted by molar-refractivity contribution is 0.624. The summed E-state index contributed by atoms with van der Waals surface area (Å²) in [7, 11) is 1.96. The molecule has 3 nitrogen and oxygen atoms in total. The van der Waals surface area contributed by atoms with Gasteiger partial charge in [0.1, 0.15) is 11.7 Å². The average Bonchev–Trinajstić information content (AvgIpc) is 2.38. The Bertz CT molecular complexity index is 637. The van der Waals surface area contributed by atoms with Gasteiger partial charge >= 0.3 is 0 Å². The molecule has 0 aliphatic heterocycles. The van der Waals surface area contributed by atoms with E-state index < -0.39 is 0 Å². The lowest BCUT2D eigenvalue weighted by atomic mass is 10.1. The lowest BCUT2D eigenvalue weighted by Crippen LogP contribution is -2.18. The molecule has 0 amide bonds. The van der Waals surface area contributed by atoms with Crippen molar-refractivity contribution in [2.24, 2.45) is 5.73 Å². The van der Waals surface area contributed by atoms with Crippen molar-refractivity contribution in [2.75, 3.05) is 11.9 Å². The zero-order chi connectivity index (χ0) is 14.7. The molecule has 0 saturated heterocycles. The largest absolute Gasteiger partial charge is 0.384 e. The normalized spacial score (nSPS) is 10.3. The monoisotopic (exact) mass is 271 g/mol. The van der Waals surface area contributed by atoms with Gasteiger partial charge in [-0.25, -0.2) is 4.39 Å². The number of halogens is 1. The van der Waals surface area contributed by atoms with Crippen molar-refractivity contribution in [3.05, 3.63) is 65.0 Å². The molecule has 0 fully saturated rings. The molecule has 0 aliphatic carbocycles. The highest BCUT2D eigenvalue weighted by molar-refractivity contribution is 5.95. The molecule has 2 aromatic rings. The first kappa shape index (κ1) is 14.1. The second kappa shape index (κ2) is 5.74. The summed E-state index contributed by atoms with van der Waals surface area (Å²) in [4.78, 5) is 2.05. The molecule has 104 valence electrons. The first-order valence-electron chi connectivity index (χ1n) is 6.38. The minimum Gasteiger partial charge on any atom is -0.384 e. The van der Waals surface area contributed by atoms with Gasteiger partial charge in [-0.3, -0.25) is 5.41 Å². The molecule has 0 radical (unpaired) electrons. The smallest absolute Gasteiger partial charge is 0.124 e. The number of nitrogen functional groups attached to an aromatic ring is 1. The Balaban J connectivity index is 2.26. The van der Waals surface area contributed by atoms with Crippen LogP contribution in [0.1, 0.15) is 16.7 Å². The summed E-state index contributed by atoms with van der Waals surface area (Å²) >= 11 is 0. The van der Waals surface area contributed by atoms with Gasteiger partial charge < -0.3 is 10.6 Å². The Hall–Kier alpha value is -2.36. The summed E-state index contributed by atoms with van der Waals surface area (Å²) in [5.74, 6) is -0.491. The van der Waals surface area contributed by atoms with Gasteiger partial charge in [-0.15, -0.1) is 0 Å². The van der Waals surface area contributed by atoms with Gasteiger partial charge in [0.05, 0.1) is 0 Å². The third-order valence-electron chi connectivity index (χ3n) is 3.22. The predicted molar refractivity (Wildman–Crippen MR) is 80.7 cm³/mol. The number of amidine groups is 1. The Labute approximate surface area is 118 Å². The van der Waals surface area contributed by atoms with Gasteiger partial charge in [-0.2, -0.15) is 0 Å². The van der Waals surface area contributed by atoms with E-state index in [4.69, 9.17) is 11.1 Å². The number of benzene rings is 2. The average molecular weight is 271 g/mol. The first-order chi connectivity index (χ1) is 9.47. The number of hydrogen-bond acceptors (Lipinski definition) is 2. The third-order valence-corrected chi connectivity index (χ3v) is 3.22. The van der Waals surface area contributed by atoms with Gasteiger partial charge in [0.15, 0.2) is 0 Å². The molecular formula is C16H18FN3. The highest BCUT2D eigenvalue weighted by Crippen LogP contribution is 2.20. The highest BCUT2D eigenvalue weighted by atomic mass is 19.1. The number of nitrogens with one attached hydrogen (secondary N) is 1. The third kappa shape index (κ3) is 3.15. The van der Waals surface area contributed by atoms with Gasteiger partial charge in [0, 0.05) is 24.8 Å². The molecule has 2 rings (SSSR count). The van der Waals surface area contributed by atoms with Crippen LogP contribution in [0, 0.1) is 18.2 Å². The quantitative estimate of drug-likeness (QED) is 0.663. The lowest BCUT2D eigenvalue weighted by Gasteiger charge is -2.21. The fourth-order valence-corrected chi connectivity index (χ4v) is 2.25. The van der Waals surface area contributed by atoms with Crippen LogP contribution in [0.15, 0.2) is 42.5 Å². The number of nitrogens with two attached hydrogens (primary N) is 1. The maximum Gasteiger partial charge on any atom is 0.124 e. The van der Waals surface area contributed by atoms with E-state index >= 15 is 0 Å². The van der Waals surface area contributed by atoms with Crippen LogP contribution in [-0.4, -0.2) is 12.9 Å². The van der Waals surface area contributed by atoms with Crippen molar-refractivity contribution in [2.45, 2.75) is 13.5 Å². The van der Waals surface area contributed by atoms with Crippen LogP contribution in [0.3, 0.4) is 0 Å². The van der Waals surface area contributed by atoms with Crippen LogP contribution >= 0.6 is 0 Å². The van der Waals surface area contributed by atoms with Crippen molar-refractivity contribution >= 4 is 11.5 Å². The maximum absolute atomic E-state index is 13.5. The van der Waals surface area contributed by atoms with Gasteiger partial charge in [-0.05, 0) is 42.3 Å². The van der Waals surface area contributed by atoms with E-state index in [1.54, 1.807) is 6.07 Å². The molecule has 0 heterocycles. The van der Waals surface area contributed by atoms with Crippen LogP contribution in [0.25, 0.3) is 0 Å². The topological polar surface area (TPSA) is 53.1 Å². The van der Waals surface area contributed by atoms with Crippen LogP contribution in [0.4, 0.5) is 10.1 Å². The minimum atomic E-state index is -0.370. The molecule has 0 aromatic heterocycles.